The van der Waals surface area contributed by atoms with E-state index in [1.807, 2.05) is 0 Å². The zero-order valence-corrected chi connectivity index (χ0v) is 4.86. The van der Waals surface area contributed by atoms with Crippen molar-refractivity contribution in [1.82, 2.24) is 5.32 Å². The second-order valence-electron chi connectivity index (χ2n) is 1.27. The molecule has 0 saturated carbocycles. The van der Waals surface area contributed by atoms with Crippen molar-refractivity contribution in [3.05, 3.63) is 0 Å². The van der Waals surface area contributed by atoms with Crippen LogP contribution in [0.15, 0.2) is 0 Å². The van der Waals surface area contributed by atoms with Crippen LogP contribution in [0.3, 0.4) is 0 Å². The monoisotopic (exact) mass is 152 g/mol. The van der Waals surface area contributed by atoms with Crippen LogP contribution in [0.25, 0.3) is 0 Å². The van der Waals surface area contributed by atoms with E-state index in [-0.39, 0.29) is 0 Å². The molecule has 0 spiro atoms. The van der Waals surface area contributed by atoms with Gasteiger partial charge in [-0.05, 0) is 0 Å². The van der Waals surface area contributed by atoms with Gasteiger partial charge in [-0.25, -0.2) is 9.59 Å². The molecule has 1 heterocycles. The van der Waals surface area contributed by atoms with Gasteiger partial charge in [-0.3, -0.25) is 0 Å². The molecule has 1 amide bonds. The van der Waals surface area contributed by atoms with E-state index in [4.69, 9.17) is 15.7 Å². The van der Waals surface area contributed by atoms with Crippen LogP contribution in [0.2, 0.25) is 0 Å². The Hall–Kier alpha value is -0.770. The number of esters is 1. The SMILES string of the molecule is [2H]C([2H])(Cl)C1([2H])NC(=O)OC1=O. The third-order valence-corrected chi connectivity index (χ3v) is 0.900. The number of carbonyl (C=O) groups excluding carboxylic acids is 2. The highest BCUT2D eigenvalue weighted by atomic mass is 35.5. The molecule has 4 nitrogen and oxygen atoms in total. The zero-order valence-electron chi connectivity index (χ0n) is 7.10. The second-order valence-corrected chi connectivity index (χ2v) is 1.46. The number of carbonyl (C=O) groups is 2. The lowest BCUT2D eigenvalue weighted by atomic mass is 10.4. The van der Waals surface area contributed by atoms with Crippen LogP contribution in [0, 0.1) is 0 Å². The minimum Gasteiger partial charge on any atom is -0.375 e. The van der Waals surface area contributed by atoms with E-state index in [9.17, 15) is 9.59 Å². The van der Waals surface area contributed by atoms with E-state index in [2.05, 4.69) is 4.74 Å². The number of hydrogen-bond acceptors (Lipinski definition) is 3. The van der Waals surface area contributed by atoms with E-state index in [0.717, 1.165) is 0 Å². The van der Waals surface area contributed by atoms with Crippen molar-refractivity contribution in [2.24, 2.45) is 0 Å². The summed E-state index contributed by atoms with van der Waals surface area (Å²) >= 11 is 5.07. The first-order valence-corrected chi connectivity index (χ1v) is 2.38. The fraction of sp³-hybridized carbons (Fsp3) is 0.500. The van der Waals surface area contributed by atoms with Gasteiger partial charge in [0.25, 0.3) is 0 Å². The standard InChI is InChI=1S/C4H4ClNO3/c5-1-2-3(7)9-4(8)6-2/h2H,1H2,(H,6,8)/i1D2,2D. The van der Waals surface area contributed by atoms with E-state index < -0.39 is 23.9 Å². The smallest absolute Gasteiger partial charge is 0.375 e. The van der Waals surface area contributed by atoms with Crippen LogP contribution < -0.4 is 5.32 Å². The third kappa shape index (κ3) is 1.13. The Kier molecular flexibility index (Phi) is 0.843. The third-order valence-electron chi connectivity index (χ3n) is 0.711. The average molecular weight is 153 g/mol. The van der Waals surface area contributed by atoms with Gasteiger partial charge in [0.2, 0.25) is 0 Å². The van der Waals surface area contributed by atoms with Gasteiger partial charge in [0.1, 0.15) is 6.02 Å². The molecule has 0 aromatic rings. The van der Waals surface area contributed by atoms with Gasteiger partial charge < -0.3 is 10.1 Å². The molecule has 1 N–H and O–H groups in total. The zero-order chi connectivity index (χ0) is 9.57. The number of cyclic esters (lactones) is 2. The number of halogens is 1. The summed E-state index contributed by atoms with van der Waals surface area (Å²) in [6.07, 6.45) is -1.17. The molecule has 0 aromatic carbocycles. The van der Waals surface area contributed by atoms with Gasteiger partial charge in [-0.1, -0.05) is 0 Å². The quantitative estimate of drug-likeness (QED) is 0.323. The Morgan fingerprint density at radius 2 is 2.67 bits per heavy atom. The van der Waals surface area contributed by atoms with Gasteiger partial charge in [0.05, 0.1) is 7.20 Å². The lowest BCUT2D eigenvalue weighted by Gasteiger charge is -1.94. The number of alkyl carbamates (subject to hydrolysis) is 1. The summed E-state index contributed by atoms with van der Waals surface area (Å²) in [7, 11) is 0. The Morgan fingerprint density at radius 3 is 2.89 bits per heavy atom. The lowest BCUT2D eigenvalue weighted by molar-refractivity contribution is -0.134. The normalized spacial score (nSPS) is 40.3. The molecule has 1 aliphatic heterocycles. The summed E-state index contributed by atoms with van der Waals surface area (Å²) in [5.41, 5.74) is 0. The van der Waals surface area contributed by atoms with Crippen molar-refractivity contribution in [3.8, 4) is 0 Å². The number of amides is 1. The highest BCUT2D eigenvalue weighted by Crippen LogP contribution is 2.00. The summed E-state index contributed by atoms with van der Waals surface area (Å²) in [5, 5.41) is 1.67. The Labute approximate surface area is 60.3 Å². The van der Waals surface area contributed by atoms with Gasteiger partial charge in [0.15, 0.2) is 0 Å². The van der Waals surface area contributed by atoms with Crippen LogP contribution in [0.4, 0.5) is 4.79 Å². The molecule has 1 saturated heterocycles. The summed E-state index contributed by atoms with van der Waals surface area (Å²) in [6, 6.07) is -2.55. The topological polar surface area (TPSA) is 55.4 Å². The summed E-state index contributed by atoms with van der Waals surface area (Å²) in [5.74, 6) is -4.04. The number of nitrogens with one attached hydrogen (secondary N) is 1. The molecular formula is C4H4ClNO3. The van der Waals surface area contributed by atoms with Gasteiger partial charge in [-0.15, -0.1) is 11.6 Å². The maximum Gasteiger partial charge on any atom is 0.415 e. The van der Waals surface area contributed by atoms with Crippen molar-refractivity contribution < 1.29 is 18.4 Å². The molecule has 0 aromatic heterocycles. The Bertz CT molecular complexity index is 252. The number of ether oxygens (including phenoxy) is 1. The first kappa shape index (κ1) is 3.41. The Balaban J connectivity index is 3.00. The van der Waals surface area contributed by atoms with Crippen LogP contribution in [0.1, 0.15) is 4.11 Å². The van der Waals surface area contributed by atoms with Crippen molar-refractivity contribution in [2.45, 2.75) is 6.02 Å². The van der Waals surface area contributed by atoms with Crippen molar-refractivity contribution in [1.29, 1.82) is 0 Å². The van der Waals surface area contributed by atoms with Crippen molar-refractivity contribution in [3.63, 3.8) is 0 Å². The molecule has 0 radical (unpaired) electrons. The van der Waals surface area contributed by atoms with E-state index in [1.165, 1.54) is 0 Å². The maximum absolute atomic E-state index is 10.7. The second kappa shape index (κ2) is 2.23. The molecule has 9 heavy (non-hydrogen) atoms. The average Bonchev–Trinajstić information content (AvgIpc) is 2.06. The van der Waals surface area contributed by atoms with Crippen molar-refractivity contribution in [2.75, 3.05) is 5.83 Å². The predicted octanol–water partition coefficient (Wildman–Crippen LogP) is -0.140. The largest absolute Gasteiger partial charge is 0.415 e. The molecule has 1 fully saturated rings. The highest BCUT2D eigenvalue weighted by Gasteiger charge is 2.31. The number of hydrogen-bond donors (Lipinski definition) is 1. The van der Waals surface area contributed by atoms with Crippen molar-refractivity contribution >= 4 is 23.7 Å². The summed E-state index contributed by atoms with van der Waals surface area (Å²) in [4.78, 5) is 21.2. The minimum absolute atomic E-state index is 1.17. The predicted molar refractivity (Wildman–Crippen MR) is 29.1 cm³/mol. The minimum atomic E-state index is -2.70. The maximum atomic E-state index is 10.7. The molecular weight excluding hydrogens is 146 g/mol. The molecule has 5 heteroatoms. The van der Waals surface area contributed by atoms with E-state index in [1.54, 1.807) is 5.32 Å². The fourth-order valence-electron chi connectivity index (χ4n) is 0.376. The molecule has 1 aliphatic rings. The molecule has 0 bridgehead atoms. The van der Waals surface area contributed by atoms with Gasteiger partial charge in [-0.2, -0.15) is 0 Å². The first-order valence-electron chi connectivity index (χ1n) is 3.51. The molecule has 1 atom stereocenters. The van der Waals surface area contributed by atoms with Gasteiger partial charge in [0, 0.05) is 2.74 Å². The van der Waals surface area contributed by atoms with Crippen LogP contribution in [0.5, 0.6) is 0 Å². The Morgan fingerprint density at radius 1 is 2.00 bits per heavy atom. The highest BCUT2D eigenvalue weighted by molar-refractivity contribution is 6.20. The summed E-state index contributed by atoms with van der Waals surface area (Å²) in [6.45, 7) is 0. The number of alkyl halides is 1. The van der Waals surface area contributed by atoms with Crippen LogP contribution in [-0.4, -0.2) is 23.9 Å². The molecule has 50 valence electrons. The van der Waals surface area contributed by atoms with Crippen LogP contribution in [-0.2, 0) is 9.53 Å². The van der Waals surface area contributed by atoms with Crippen LogP contribution >= 0.6 is 11.6 Å². The molecule has 1 unspecified atom stereocenters. The first-order chi connectivity index (χ1) is 5.27. The molecule has 0 aliphatic carbocycles. The molecule has 1 rings (SSSR count). The van der Waals surface area contributed by atoms with E-state index in [0.29, 0.717) is 0 Å². The lowest BCUT2D eigenvalue weighted by Crippen LogP contribution is -2.29. The number of rotatable bonds is 1. The summed E-state index contributed by atoms with van der Waals surface area (Å²) < 4.78 is 24.8. The van der Waals surface area contributed by atoms with Gasteiger partial charge >= 0.3 is 12.1 Å². The fourth-order valence-corrected chi connectivity index (χ4v) is 0.500. The van der Waals surface area contributed by atoms with E-state index >= 15 is 0 Å².